The average molecular weight is 387 g/mol. The molecular weight excluding hydrogens is 372 g/mol. The molecule has 6 heteroatoms. The van der Waals surface area contributed by atoms with Crippen molar-refractivity contribution in [3.63, 3.8) is 0 Å². The minimum absolute atomic E-state index is 0.150. The summed E-state index contributed by atoms with van der Waals surface area (Å²) in [5.74, 6) is 0.435. The normalized spacial score (nSPS) is 10.6. The Hall–Kier alpha value is -2.60. The van der Waals surface area contributed by atoms with Gasteiger partial charge >= 0.3 is 0 Å². The topological polar surface area (TPSA) is 71.2 Å². The van der Waals surface area contributed by atoms with Crippen LogP contribution in [0.4, 0.5) is 0 Å². The number of carbonyl (C=O) groups excluding carboxylic acids is 1. The van der Waals surface area contributed by atoms with E-state index in [0.717, 1.165) is 5.39 Å². The molecule has 3 aromatic rings. The van der Waals surface area contributed by atoms with Gasteiger partial charge in [0.1, 0.15) is 5.75 Å². The summed E-state index contributed by atoms with van der Waals surface area (Å²) in [5.41, 5.74) is 1.48. The second-order valence-corrected chi connectivity index (χ2v) is 6.09. The zero-order valence-corrected chi connectivity index (χ0v) is 14.5. The van der Waals surface area contributed by atoms with Crippen molar-refractivity contribution in [1.82, 2.24) is 10.3 Å². The Morgan fingerprint density at radius 3 is 2.75 bits per heavy atom. The Labute approximate surface area is 146 Å². The summed E-state index contributed by atoms with van der Waals surface area (Å²) in [4.78, 5) is 27.2. The predicted octanol–water partition coefficient (Wildman–Crippen LogP) is 3.23. The third kappa shape index (κ3) is 3.33. The van der Waals surface area contributed by atoms with Crippen LogP contribution in [0.15, 0.2) is 57.8 Å². The molecule has 0 saturated carbocycles. The average Bonchev–Trinajstić information content (AvgIpc) is 2.59. The van der Waals surface area contributed by atoms with Gasteiger partial charge in [0.25, 0.3) is 11.5 Å². The highest BCUT2D eigenvalue weighted by atomic mass is 79.9. The number of hydrogen-bond acceptors (Lipinski definition) is 3. The van der Waals surface area contributed by atoms with Gasteiger partial charge in [0.15, 0.2) is 0 Å². The molecule has 122 valence electrons. The highest BCUT2D eigenvalue weighted by Crippen LogP contribution is 2.19. The van der Waals surface area contributed by atoms with Crippen LogP contribution < -0.4 is 15.6 Å². The fraction of sp³-hybridized carbons (Fsp3) is 0.111. The Balaban J connectivity index is 1.83. The van der Waals surface area contributed by atoms with Gasteiger partial charge in [-0.25, -0.2) is 0 Å². The summed E-state index contributed by atoms with van der Waals surface area (Å²) in [6.45, 7) is 0.150. The number of carbonyl (C=O) groups is 1. The molecular formula is C18H15BrN2O3. The molecule has 0 saturated heterocycles. The molecule has 0 spiro atoms. The Kier molecular flexibility index (Phi) is 4.66. The fourth-order valence-electron chi connectivity index (χ4n) is 2.40. The van der Waals surface area contributed by atoms with Crippen molar-refractivity contribution in [2.75, 3.05) is 7.11 Å². The SMILES string of the molecule is COc1ccc2cc(CNC(=O)c3ccccc3Br)c(=O)[nH]c2c1. The van der Waals surface area contributed by atoms with Crippen LogP contribution in [-0.4, -0.2) is 18.0 Å². The van der Waals surface area contributed by atoms with Gasteiger partial charge in [-0.2, -0.15) is 0 Å². The van der Waals surface area contributed by atoms with E-state index in [1.54, 1.807) is 37.4 Å². The number of H-pyrrole nitrogens is 1. The number of rotatable bonds is 4. The van der Waals surface area contributed by atoms with Crippen LogP contribution in [0.2, 0.25) is 0 Å². The number of nitrogens with one attached hydrogen (secondary N) is 2. The monoisotopic (exact) mass is 386 g/mol. The number of fused-ring (bicyclic) bond motifs is 1. The van der Waals surface area contributed by atoms with E-state index in [1.807, 2.05) is 18.2 Å². The number of pyridine rings is 1. The first kappa shape index (κ1) is 16.3. The minimum Gasteiger partial charge on any atom is -0.497 e. The minimum atomic E-state index is -0.239. The Morgan fingerprint density at radius 1 is 1.21 bits per heavy atom. The highest BCUT2D eigenvalue weighted by molar-refractivity contribution is 9.10. The van der Waals surface area contributed by atoms with E-state index in [9.17, 15) is 9.59 Å². The van der Waals surface area contributed by atoms with E-state index >= 15 is 0 Å². The summed E-state index contributed by atoms with van der Waals surface area (Å²) in [6, 6.07) is 14.4. The Bertz CT molecular complexity index is 966. The molecule has 3 rings (SSSR count). The number of amides is 1. The van der Waals surface area contributed by atoms with E-state index in [0.29, 0.717) is 26.9 Å². The van der Waals surface area contributed by atoms with Crippen LogP contribution in [0.1, 0.15) is 15.9 Å². The molecule has 0 atom stereocenters. The quantitative estimate of drug-likeness (QED) is 0.722. The number of halogens is 1. The van der Waals surface area contributed by atoms with E-state index in [-0.39, 0.29) is 18.0 Å². The van der Waals surface area contributed by atoms with Crippen molar-refractivity contribution >= 4 is 32.7 Å². The molecule has 1 amide bonds. The number of hydrogen-bond donors (Lipinski definition) is 2. The van der Waals surface area contributed by atoms with Crippen molar-refractivity contribution in [2.24, 2.45) is 0 Å². The van der Waals surface area contributed by atoms with Crippen molar-refractivity contribution in [2.45, 2.75) is 6.54 Å². The summed E-state index contributed by atoms with van der Waals surface area (Å²) in [5, 5.41) is 3.65. The van der Waals surface area contributed by atoms with E-state index in [1.165, 1.54) is 0 Å². The molecule has 0 unspecified atom stereocenters. The van der Waals surface area contributed by atoms with Crippen LogP contribution in [0.3, 0.4) is 0 Å². The summed E-state index contributed by atoms with van der Waals surface area (Å²) in [7, 11) is 1.57. The molecule has 0 bridgehead atoms. The first-order valence-corrected chi connectivity index (χ1v) is 8.10. The lowest BCUT2D eigenvalue weighted by molar-refractivity contribution is 0.0950. The second-order valence-electron chi connectivity index (χ2n) is 5.24. The molecule has 2 N–H and O–H groups in total. The number of aromatic nitrogens is 1. The third-order valence-electron chi connectivity index (χ3n) is 3.69. The number of aromatic amines is 1. The lowest BCUT2D eigenvalue weighted by Crippen LogP contribution is -2.27. The predicted molar refractivity (Wildman–Crippen MR) is 96.4 cm³/mol. The van der Waals surface area contributed by atoms with Gasteiger partial charge in [-0.3, -0.25) is 9.59 Å². The Morgan fingerprint density at radius 2 is 2.00 bits per heavy atom. The van der Waals surface area contributed by atoms with E-state index in [2.05, 4.69) is 26.2 Å². The van der Waals surface area contributed by atoms with Gasteiger partial charge in [-0.05, 0) is 51.6 Å². The van der Waals surface area contributed by atoms with Gasteiger partial charge < -0.3 is 15.0 Å². The van der Waals surface area contributed by atoms with Gasteiger partial charge in [0, 0.05) is 22.6 Å². The molecule has 0 radical (unpaired) electrons. The molecule has 0 aliphatic heterocycles. The van der Waals surface area contributed by atoms with Crippen molar-refractivity contribution in [3.8, 4) is 5.75 Å². The number of benzene rings is 2. The molecule has 0 aliphatic rings. The van der Waals surface area contributed by atoms with E-state index < -0.39 is 0 Å². The van der Waals surface area contributed by atoms with Crippen molar-refractivity contribution < 1.29 is 9.53 Å². The van der Waals surface area contributed by atoms with Crippen LogP contribution in [-0.2, 0) is 6.54 Å². The first-order chi connectivity index (χ1) is 11.6. The van der Waals surface area contributed by atoms with Gasteiger partial charge in [0.05, 0.1) is 18.2 Å². The van der Waals surface area contributed by atoms with Crippen molar-refractivity contribution in [3.05, 3.63) is 74.5 Å². The molecule has 0 aliphatic carbocycles. The lowest BCUT2D eigenvalue weighted by atomic mass is 10.1. The maximum Gasteiger partial charge on any atom is 0.253 e. The lowest BCUT2D eigenvalue weighted by Gasteiger charge is -2.08. The standard InChI is InChI=1S/C18H15BrN2O3/c1-24-13-7-6-11-8-12(17(22)21-16(11)9-13)10-20-18(23)14-4-2-3-5-15(14)19/h2-9H,10H2,1H3,(H,20,23)(H,21,22). The van der Waals surface area contributed by atoms with Gasteiger partial charge in [0.2, 0.25) is 0 Å². The number of methoxy groups -OCH3 is 1. The van der Waals surface area contributed by atoms with Crippen LogP contribution >= 0.6 is 15.9 Å². The smallest absolute Gasteiger partial charge is 0.253 e. The molecule has 2 aromatic carbocycles. The molecule has 24 heavy (non-hydrogen) atoms. The molecule has 1 aromatic heterocycles. The highest BCUT2D eigenvalue weighted by Gasteiger charge is 2.10. The molecule has 1 heterocycles. The zero-order chi connectivity index (χ0) is 17.1. The molecule has 5 nitrogen and oxygen atoms in total. The van der Waals surface area contributed by atoms with Crippen LogP contribution in [0.25, 0.3) is 10.9 Å². The maximum absolute atomic E-state index is 12.2. The summed E-state index contributed by atoms with van der Waals surface area (Å²) >= 11 is 3.34. The summed E-state index contributed by atoms with van der Waals surface area (Å²) in [6.07, 6.45) is 0. The zero-order valence-electron chi connectivity index (χ0n) is 12.9. The molecule has 0 fully saturated rings. The largest absolute Gasteiger partial charge is 0.497 e. The summed E-state index contributed by atoms with van der Waals surface area (Å²) < 4.78 is 5.86. The third-order valence-corrected chi connectivity index (χ3v) is 4.38. The van der Waals surface area contributed by atoms with E-state index in [4.69, 9.17) is 4.74 Å². The maximum atomic E-state index is 12.2. The van der Waals surface area contributed by atoms with Gasteiger partial charge in [-0.15, -0.1) is 0 Å². The van der Waals surface area contributed by atoms with Gasteiger partial charge in [-0.1, -0.05) is 12.1 Å². The van der Waals surface area contributed by atoms with Crippen LogP contribution in [0, 0.1) is 0 Å². The first-order valence-electron chi connectivity index (χ1n) is 7.31. The second kappa shape index (κ2) is 6.88. The fourth-order valence-corrected chi connectivity index (χ4v) is 2.86. The van der Waals surface area contributed by atoms with Crippen molar-refractivity contribution in [1.29, 1.82) is 0 Å². The number of ether oxygens (including phenoxy) is 1. The van der Waals surface area contributed by atoms with Crippen LogP contribution in [0.5, 0.6) is 5.75 Å².